The van der Waals surface area contributed by atoms with Crippen molar-refractivity contribution in [1.29, 1.82) is 0 Å². The Morgan fingerprint density at radius 3 is 3.00 bits per heavy atom. The molecule has 1 saturated heterocycles. The van der Waals surface area contributed by atoms with E-state index < -0.39 is 0 Å². The van der Waals surface area contributed by atoms with Crippen molar-refractivity contribution in [2.75, 3.05) is 16.8 Å². The Labute approximate surface area is 139 Å². The van der Waals surface area contributed by atoms with E-state index in [1.165, 1.54) is 12.8 Å². The summed E-state index contributed by atoms with van der Waals surface area (Å²) < 4.78 is 1.63. The van der Waals surface area contributed by atoms with E-state index in [0.717, 1.165) is 12.4 Å². The Bertz CT molecular complexity index is 875. The summed E-state index contributed by atoms with van der Waals surface area (Å²) in [6.45, 7) is 3.20. The summed E-state index contributed by atoms with van der Waals surface area (Å²) in [6, 6.07) is 5.98. The van der Waals surface area contributed by atoms with E-state index in [9.17, 15) is 4.79 Å². The molecule has 24 heavy (non-hydrogen) atoms. The van der Waals surface area contributed by atoms with E-state index in [-0.39, 0.29) is 5.91 Å². The third kappa shape index (κ3) is 2.58. The zero-order chi connectivity index (χ0) is 16.5. The van der Waals surface area contributed by atoms with Crippen molar-refractivity contribution in [1.82, 2.24) is 19.6 Å². The fraction of sp³-hybridized carbons (Fsp3) is 0.294. The molecule has 1 amide bonds. The molecular weight excluding hydrogens is 304 g/mol. The van der Waals surface area contributed by atoms with E-state index in [1.54, 1.807) is 35.2 Å². The first-order valence-electron chi connectivity index (χ1n) is 8.05. The van der Waals surface area contributed by atoms with Crippen molar-refractivity contribution in [2.45, 2.75) is 25.8 Å². The van der Waals surface area contributed by atoms with Crippen LogP contribution in [0.1, 0.15) is 30.1 Å². The van der Waals surface area contributed by atoms with Crippen LogP contribution < -0.4 is 10.2 Å². The lowest BCUT2D eigenvalue weighted by molar-refractivity contribution is 0.102. The van der Waals surface area contributed by atoms with Crippen LogP contribution in [0.4, 0.5) is 11.5 Å². The third-order valence-corrected chi connectivity index (χ3v) is 4.37. The number of carbonyl (C=O) groups is 1. The van der Waals surface area contributed by atoms with Gasteiger partial charge in [0.1, 0.15) is 11.4 Å². The fourth-order valence-corrected chi connectivity index (χ4v) is 3.09. The highest BCUT2D eigenvalue weighted by atomic mass is 16.1. The van der Waals surface area contributed by atoms with Crippen molar-refractivity contribution in [3.8, 4) is 0 Å². The summed E-state index contributed by atoms with van der Waals surface area (Å²) in [4.78, 5) is 23.5. The molecule has 0 aliphatic carbocycles. The number of pyridine rings is 1. The Hall–Kier alpha value is -2.96. The van der Waals surface area contributed by atoms with Gasteiger partial charge in [-0.25, -0.2) is 9.50 Å². The number of anilines is 2. The third-order valence-electron chi connectivity index (χ3n) is 4.37. The number of nitrogens with one attached hydrogen (secondary N) is 1. The van der Waals surface area contributed by atoms with Gasteiger partial charge in [0.15, 0.2) is 5.65 Å². The first kappa shape index (κ1) is 14.6. The molecular formula is C17H18N6O. The van der Waals surface area contributed by atoms with Crippen molar-refractivity contribution < 1.29 is 4.79 Å². The van der Waals surface area contributed by atoms with Gasteiger partial charge in [-0.2, -0.15) is 5.10 Å². The molecule has 1 fully saturated rings. The van der Waals surface area contributed by atoms with Crippen molar-refractivity contribution in [2.24, 2.45) is 0 Å². The number of rotatable bonds is 3. The van der Waals surface area contributed by atoms with Gasteiger partial charge in [-0.1, -0.05) is 0 Å². The molecule has 1 N–H and O–H groups in total. The summed E-state index contributed by atoms with van der Waals surface area (Å²) in [6.07, 6.45) is 9.00. The van der Waals surface area contributed by atoms with Crippen molar-refractivity contribution in [3.05, 3.63) is 48.5 Å². The van der Waals surface area contributed by atoms with Crippen LogP contribution in [0.3, 0.4) is 0 Å². The number of fused-ring (bicyclic) bond motifs is 1. The molecule has 1 unspecified atom stereocenters. The average molecular weight is 322 g/mol. The number of carbonyl (C=O) groups excluding carboxylic acids is 1. The number of nitrogens with zero attached hydrogens (tertiary/aromatic N) is 5. The molecule has 7 nitrogen and oxygen atoms in total. The van der Waals surface area contributed by atoms with Gasteiger partial charge in [-0.15, -0.1) is 0 Å². The smallest absolute Gasteiger partial charge is 0.261 e. The van der Waals surface area contributed by atoms with Gasteiger partial charge < -0.3 is 10.2 Å². The fourth-order valence-electron chi connectivity index (χ4n) is 3.09. The van der Waals surface area contributed by atoms with Gasteiger partial charge in [0, 0.05) is 25.0 Å². The Balaban J connectivity index is 1.67. The van der Waals surface area contributed by atoms with E-state index in [2.05, 4.69) is 32.2 Å². The van der Waals surface area contributed by atoms with Crippen LogP contribution in [0.5, 0.6) is 0 Å². The molecule has 7 heteroatoms. The van der Waals surface area contributed by atoms with E-state index in [4.69, 9.17) is 0 Å². The molecule has 0 bridgehead atoms. The Morgan fingerprint density at radius 1 is 1.33 bits per heavy atom. The second-order valence-electron chi connectivity index (χ2n) is 5.99. The minimum atomic E-state index is -0.239. The minimum absolute atomic E-state index is 0.239. The van der Waals surface area contributed by atoms with E-state index in [1.807, 2.05) is 12.3 Å². The number of aromatic nitrogens is 4. The van der Waals surface area contributed by atoms with Crippen molar-refractivity contribution in [3.63, 3.8) is 0 Å². The molecule has 122 valence electrons. The molecule has 3 aromatic heterocycles. The summed E-state index contributed by atoms with van der Waals surface area (Å²) in [5.41, 5.74) is 1.66. The van der Waals surface area contributed by atoms with Crippen LogP contribution in [0, 0.1) is 0 Å². The highest BCUT2D eigenvalue weighted by Crippen LogP contribution is 2.24. The van der Waals surface area contributed by atoms with E-state index in [0.29, 0.717) is 22.9 Å². The summed E-state index contributed by atoms with van der Waals surface area (Å²) in [7, 11) is 0. The van der Waals surface area contributed by atoms with Crippen molar-refractivity contribution >= 4 is 23.1 Å². The Morgan fingerprint density at radius 2 is 2.25 bits per heavy atom. The summed E-state index contributed by atoms with van der Waals surface area (Å²) >= 11 is 0. The second kappa shape index (κ2) is 5.92. The Kier molecular flexibility index (Phi) is 3.60. The van der Waals surface area contributed by atoms with Gasteiger partial charge in [0.25, 0.3) is 5.91 Å². The predicted octanol–water partition coefficient (Wildman–Crippen LogP) is 2.37. The van der Waals surface area contributed by atoms with Crippen LogP contribution in [-0.2, 0) is 0 Å². The van der Waals surface area contributed by atoms with Crippen LogP contribution in [0.2, 0.25) is 0 Å². The SMILES string of the molecule is CC1CCCN1c1ccn2ncc(C(=O)Nc3cccnc3)c2n1. The quantitative estimate of drug-likeness (QED) is 0.801. The van der Waals surface area contributed by atoms with Gasteiger partial charge in [0.2, 0.25) is 0 Å². The molecule has 0 spiro atoms. The van der Waals surface area contributed by atoms with Gasteiger partial charge in [0.05, 0.1) is 18.1 Å². The van der Waals surface area contributed by atoms with Gasteiger partial charge in [-0.05, 0) is 38.0 Å². The maximum absolute atomic E-state index is 12.5. The molecule has 0 aromatic carbocycles. The molecule has 1 atom stereocenters. The molecule has 1 aliphatic heterocycles. The maximum Gasteiger partial charge on any atom is 0.261 e. The van der Waals surface area contributed by atoms with Gasteiger partial charge >= 0.3 is 0 Å². The summed E-state index contributed by atoms with van der Waals surface area (Å²) in [5, 5.41) is 7.05. The summed E-state index contributed by atoms with van der Waals surface area (Å²) in [5.74, 6) is 0.653. The first-order chi connectivity index (χ1) is 11.7. The van der Waals surface area contributed by atoms with Gasteiger partial charge in [-0.3, -0.25) is 9.78 Å². The van der Waals surface area contributed by atoms with E-state index >= 15 is 0 Å². The zero-order valence-corrected chi connectivity index (χ0v) is 13.4. The normalized spacial score (nSPS) is 17.4. The lowest BCUT2D eigenvalue weighted by Gasteiger charge is -2.22. The standard InChI is InChI=1S/C17H18N6O/c1-12-4-3-8-22(12)15-6-9-23-16(21-15)14(11-19-23)17(24)20-13-5-2-7-18-10-13/h2,5-7,9-12H,3-4,8H2,1H3,(H,20,24). The highest BCUT2D eigenvalue weighted by molar-refractivity contribution is 6.08. The van der Waals surface area contributed by atoms with Crippen LogP contribution in [0.25, 0.3) is 5.65 Å². The monoisotopic (exact) mass is 322 g/mol. The van der Waals surface area contributed by atoms with Crippen LogP contribution >= 0.6 is 0 Å². The lowest BCUT2D eigenvalue weighted by atomic mass is 10.2. The molecule has 0 saturated carbocycles. The molecule has 0 radical (unpaired) electrons. The largest absolute Gasteiger partial charge is 0.354 e. The topological polar surface area (TPSA) is 75.4 Å². The average Bonchev–Trinajstić information content (AvgIpc) is 3.21. The minimum Gasteiger partial charge on any atom is -0.354 e. The second-order valence-corrected chi connectivity index (χ2v) is 5.99. The number of hydrogen-bond donors (Lipinski definition) is 1. The molecule has 4 heterocycles. The molecule has 1 aliphatic rings. The zero-order valence-electron chi connectivity index (χ0n) is 13.4. The maximum atomic E-state index is 12.5. The first-order valence-corrected chi connectivity index (χ1v) is 8.05. The van der Waals surface area contributed by atoms with Crippen LogP contribution in [0.15, 0.2) is 43.0 Å². The number of hydrogen-bond acceptors (Lipinski definition) is 5. The van der Waals surface area contributed by atoms with Crippen LogP contribution in [-0.4, -0.2) is 38.1 Å². The molecule has 3 aromatic rings. The predicted molar refractivity (Wildman–Crippen MR) is 91.2 cm³/mol. The molecule has 4 rings (SSSR count). The lowest BCUT2D eigenvalue weighted by Crippen LogP contribution is -2.27. The number of amides is 1. The highest BCUT2D eigenvalue weighted by Gasteiger charge is 2.23.